The predicted molar refractivity (Wildman–Crippen MR) is 168 cm³/mol. The SMILES string of the molecule is CC(C)SC(NC(=O)OCc1ccccc1)C(=O)Nc1ccccc1C(=N)C1CC(C)(C)CCN1C(=O)OC(C)(C)C. The molecule has 1 fully saturated rings. The van der Waals surface area contributed by atoms with Gasteiger partial charge in [0.1, 0.15) is 12.2 Å². The van der Waals surface area contributed by atoms with Crippen molar-refractivity contribution in [2.24, 2.45) is 5.41 Å². The van der Waals surface area contributed by atoms with Crippen molar-refractivity contribution in [1.82, 2.24) is 10.2 Å². The van der Waals surface area contributed by atoms with Crippen LogP contribution < -0.4 is 10.6 Å². The smallest absolute Gasteiger partial charge is 0.410 e. The molecule has 1 heterocycles. The van der Waals surface area contributed by atoms with Gasteiger partial charge in [0, 0.05) is 23.0 Å². The number of hydrogen-bond acceptors (Lipinski definition) is 7. The molecular weight excluding hydrogens is 552 g/mol. The van der Waals surface area contributed by atoms with Crippen LogP contribution in [0.5, 0.6) is 0 Å². The number of piperidine rings is 1. The van der Waals surface area contributed by atoms with Crippen molar-refractivity contribution in [3.05, 3.63) is 65.7 Å². The van der Waals surface area contributed by atoms with Crippen LogP contribution in [0, 0.1) is 10.8 Å². The largest absolute Gasteiger partial charge is 0.445 e. The highest BCUT2D eigenvalue weighted by Gasteiger charge is 2.40. The second kappa shape index (κ2) is 14.1. The molecule has 1 aliphatic rings. The number of hydrogen-bond donors (Lipinski definition) is 3. The van der Waals surface area contributed by atoms with Crippen LogP contribution >= 0.6 is 11.8 Å². The molecule has 0 spiro atoms. The minimum absolute atomic E-state index is 0.0376. The van der Waals surface area contributed by atoms with E-state index in [0.717, 1.165) is 12.0 Å². The standard InChI is InChI=1S/C32H44N4O5S/c1-21(2)42-28(35-29(38)40-20-22-13-9-8-10-14-22)27(37)34-24-16-12-11-15-23(24)26(33)25-19-32(6,7)17-18-36(25)30(39)41-31(3,4)5/h8-16,21,25,28,33H,17-20H2,1-7H3,(H,34,37)(H,35,38). The molecule has 0 bridgehead atoms. The molecule has 0 radical (unpaired) electrons. The summed E-state index contributed by atoms with van der Waals surface area (Å²) in [6.45, 7) is 14.1. The molecule has 42 heavy (non-hydrogen) atoms. The summed E-state index contributed by atoms with van der Waals surface area (Å²) in [6.07, 6.45) is 0.203. The highest BCUT2D eigenvalue weighted by Crippen LogP contribution is 2.36. The summed E-state index contributed by atoms with van der Waals surface area (Å²) in [7, 11) is 0. The molecule has 0 saturated carbocycles. The molecule has 2 aromatic rings. The Bertz CT molecular complexity index is 1260. The fourth-order valence-corrected chi connectivity index (χ4v) is 5.51. The molecule has 1 saturated heterocycles. The van der Waals surface area contributed by atoms with Gasteiger partial charge in [-0.2, -0.15) is 0 Å². The zero-order valence-corrected chi connectivity index (χ0v) is 26.5. The summed E-state index contributed by atoms with van der Waals surface area (Å²) in [5, 5.41) is 13.9. The number of thioether (sulfide) groups is 1. The molecule has 10 heteroatoms. The Hall–Kier alpha value is -3.53. The third kappa shape index (κ3) is 9.79. The maximum Gasteiger partial charge on any atom is 0.410 e. The van der Waals surface area contributed by atoms with Crippen LogP contribution in [-0.2, 0) is 20.9 Å². The number of carbonyl (C=O) groups excluding carboxylic acids is 3. The fraction of sp³-hybridized carbons (Fsp3) is 0.500. The van der Waals surface area contributed by atoms with E-state index >= 15 is 0 Å². The molecule has 2 atom stereocenters. The molecule has 2 aromatic carbocycles. The van der Waals surface area contributed by atoms with Crippen molar-refractivity contribution in [2.45, 2.75) is 90.2 Å². The van der Waals surface area contributed by atoms with E-state index in [2.05, 4.69) is 24.5 Å². The Kier molecular flexibility index (Phi) is 11.1. The lowest BCUT2D eigenvalue weighted by Crippen LogP contribution is -2.53. The molecule has 3 rings (SSSR count). The molecule has 9 nitrogen and oxygen atoms in total. The molecule has 2 unspecified atom stereocenters. The third-order valence-electron chi connectivity index (χ3n) is 6.70. The number of rotatable bonds is 9. The van der Waals surface area contributed by atoms with Crippen LogP contribution in [0.1, 0.15) is 72.4 Å². The van der Waals surface area contributed by atoms with E-state index in [1.807, 2.05) is 65.0 Å². The van der Waals surface area contributed by atoms with Gasteiger partial charge in [0.25, 0.3) is 5.91 Å². The zero-order valence-electron chi connectivity index (χ0n) is 25.7. The van der Waals surface area contributed by atoms with Crippen LogP contribution in [0.3, 0.4) is 0 Å². The summed E-state index contributed by atoms with van der Waals surface area (Å²) in [6, 6.07) is 15.8. The van der Waals surface area contributed by atoms with E-state index in [-0.39, 0.29) is 23.0 Å². The highest BCUT2D eigenvalue weighted by molar-refractivity contribution is 8.01. The third-order valence-corrected chi connectivity index (χ3v) is 7.84. The fourth-order valence-electron chi connectivity index (χ4n) is 4.62. The zero-order chi connectivity index (χ0) is 31.1. The highest BCUT2D eigenvalue weighted by atomic mass is 32.2. The summed E-state index contributed by atoms with van der Waals surface area (Å²) in [5.41, 5.74) is 1.23. The van der Waals surface area contributed by atoms with Crippen LogP contribution in [0.15, 0.2) is 54.6 Å². The summed E-state index contributed by atoms with van der Waals surface area (Å²) in [4.78, 5) is 40.9. The maximum absolute atomic E-state index is 13.5. The number of nitrogens with zero attached hydrogens (tertiary/aromatic N) is 1. The Morgan fingerprint density at radius 2 is 1.71 bits per heavy atom. The molecule has 1 aliphatic heterocycles. The van der Waals surface area contributed by atoms with Crippen molar-refractivity contribution in [3.8, 4) is 0 Å². The van der Waals surface area contributed by atoms with Gasteiger partial charge in [-0.25, -0.2) is 9.59 Å². The minimum Gasteiger partial charge on any atom is -0.445 e. The number of benzene rings is 2. The summed E-state index contributed by atoms with van der Waals surface area (Å²) in [5.74, 6) is -0.446. The van der Waals surface area contributed by atoms with Crippen LogP contribution in [0.2, 0.25) is 0 Å². The van der Waals surface area contributed by atoms with Gasteiger partial charge in [0.15, 0.2) is 5.37 Å². The average Bonchev–Trinajstić information content (AvgIpc) is 2.90. The number of anilines is 1. The van der Waals surface area contributed by atoms with Gasteiger partial charge in [-0.3, -0.25) is 9.69 Å². The second-order valence-corrected chi connectivity index (χ2v) is 14.2. The van der Waals surface area contributed by atoms with Crippen LogP contribution in [0.4, 0.5) is 15.3 Å². The number of likely N-dealkylation sites (tertiary alicyclic amines) is 1. The predicted octanol–water partition coefficient (Wildman–Crippen LogP) is 6.81. The lowest BCUT2D eigenvalue weighted by atomic mass is 9.76. The number of ether oxygens (including phenoxy) is 2. The van der Waals surface area contributed by atoms with Gasteiger partial charge in [0.2, 0.25) is 0 Å². The van der Waals surface area contributed by atoms with Gasteiger partial charge in [0.05, 0.1) is 11.8 Å². The molecule has 0 aliphatic carbocycles. The Balaban J connectivity index is 1.79. The van der Waals surface area contributed by atoms with Crippen molar-refractivity contribution < 1.29 is 23.9 Å². The first kappa shape index (κ1) is 33.0. The first-order valence-corrected chi connectivity index (χ1v) is 15.2. The first-order valence-electron chi connectivity index (χ1n) is 14.3. The lowest BCUT2D eigenvalue weighted by Gasteiger charge is -2.44. The number of para-hydroxylation sites is 1. The minimum atomic E-state index is -0.928. The summed E-state index contributed by atoms with van der Waals surface area (Å²) >= 11 is 1.28. The van der Waals surface area contributed by atoms with Crippen molar-refractivity contribution in [3.63, 3.8) is 0 Å². The number of amides is 3. The van der Waals surface area contributed by atoms with E-state index < -0.39 is 35.1 Å². The number of alkyl carbamates (subject to hydrolysis) is 1. The Morgan fingerprint density at radius 1 is 1.07 bits per heavy atom. The van der Waals surface area contributed by atoms with Gasteiger partial charge in [-0.15, -0.1) is 11.8 Å². The Morgan fingerprint density at radius 3 is 2.36 bits per heavy atom. The molecule has 3 N–H and O–H groups in total. The molecule has 3 amide bonds. The van der Waals surface area contributed by atoms with Gasteiger partial charge >= 0.3 is 12.2 Å². The van der Waals surface area contributed by atoms with Gasteiger partial charge in [-0.05, 0) is 50.7 Å². The first-order chi connectivity index (χ1) is 19.6. The number of carbonyl (C=O) groups is 3. The number of nitrogens with one attached hydrogen (secondary N) is 3. The normalized spacial score (nSPS) is 17.2. The Labute approximate surface area is 253 Å². The van der Waals surface area contributed by atoms with Gasteiger partial charge < -0.3 is 25.5 Å². The maximum atomic E-state index is 13.5. The molecular formula is C32H44N4O5S. The van der Waals surface area contributed by atoms with E-state index in [1.54, 1.807) is 29.2 Å². The second-order valence-electron chi connectivity index (χ2n) is 12.5. The average molecular weight is 597 g/mol. The van der Waals surface area contributed by atoms with E-state index in [9.17, 15) is 19.8 Å². The molecule has 0 aromatic heterocycles. The van der Waals surface area contributed by atoms with E-state index in [4.69, 9.17) is 9.47 Å². The van der Waals surface area contributed by atoms with Crippen LogP contribution in [0.25, 0.3) is 0 Å². The quantitative estimate of drug-likeness (QED) is 0.216. The van der Waals surface area contributed by atoms with Crippen molar-refractivity contribution >= 4 is 41.3 Å². The monoisotopic (exact) mass is 596 g/mol. The lowest BCUT2D eigenvalue weighted by molar-refractivity contribution is -0.116. The van der Waals surface area contributed by atoms with Crippen molar-refractivity contribution in [2.75, 3.05) is 11.9 Å². The van der Waals surface area contributed by atoms with Crippen LogP contribution in [-0.4, -0.2) is 57.5 Å². The topological polar surface area (TPSA) is 121 Å². The molecule has 228 valence electrons. The summed E-state index contributed by atoms with van der Waals surface area (Å²) < 4.78 is 11.0. The van der Waals surface area contributed by atoms with E-state index in [0.29, 0.717) is 24.2 Å². The van der Waals surface area contributed by atoms with Crippen molar-refractivity contribution in [1.29, 1.82) is 5.41 Å². The van der Waals surface area contributed by atoms with Gasteiger partial charge in [-0.1, -0.05) is 76.2 Å². The van der Waals surface area contributed by atoms with E-state index in [1.165, 1.54) is 11.8 Å².